The maximum atomic E-state index is 13.4. The molecule has 2 aliphatic rings. The lowest BCUT2D eigenvalue weighted by Crippen LogP contribution is -2.31. The standard InChI is InChI=1S/C28H27BrN2O2/c1-17-8-10-18(11-9-17)33-19-12-13-22-23(14-19)31-27(20-6-4-5-7-21(20)29)26-24(30-22)15-28(2,3)16-25(26)32/h4-14,27,30-31H,15-16H2,1-3H3. The molecule has 3 aromatic carbocycles. The number of anilines is 2. The van der Waals surface area contributed by atoms with Gasteiger partial charge in [0.15, 0.2) is 5.78 Å². The Bertz CT molecular complexity index is 1260. The molecule has 0 amide bonds. The van der Waals surface area contributed by atoms with Crippen molar-refractivity contribution in [3.63, 3.8) is 0 Å². The van der Waals surface area contributed by atoms with Gasteiger partial charge in [0.1, 0.15) is 11.5 Å². The Kier molecular flexibility index (Phi) is 5.53. The van der Waals surface area contributed by atoms with Crippen LogP contribution in [0.4, 0.5) is 11.4 Å². The highest BCUT2D eigenvalue weighted by molar-refractivity contribution is 9.10. The van der Waals surface area contributed by atoms with E-state index in [1.807, 2.05) is 60.7 Å². The lowest BCUT2D eigenvalue weighted by atomic mass is 9.73. The lowest BCUT2D eigenvalue weighted by Gasteiger charge is -2.34. The average molecular weight is 503 g/mol. The summed E-state index contributed by atoms with van der Waals surface area (Å²) < 4.78 is 7.09. The van der Waals surface area contributed by atoms with Crippen LogP contribution < -0.4 is 15.4 Å². The maximum absolute atomic E-state index is 13.4. The number of halogens is 1. The number of carbonyl (C=O) groups is 1. The fourth-order valence-corrected chi connectivity index (χ4v) is 5.19. The molecule has 1 heterocycles. The van der Waals surface area contributed by atoms with Gasteiger partial charge in [-0.15, -0.1) is 0 Å². The van der Waals surface area contributed by atoms with Crippen molar-refractivity contribution < 1.29 is 9.53 Å². The monoisotopic (exact) mass is 502 g/mol. The smallest absolute Gasteiger partial charge is 0.163 e. The predicted octanol–water partition coefficient (Wildman–Crippen LogP) is 7.77. The van der Waals surface area contributed by atoms with Gasteiger partial charge in [0, 0.05) is 28.2 Å². The van der Waals surface area contributed by atoms with Crippen molar-refractivity contribution in [3.05, 3.63) is 93.6 Å². The summed E-state index contributed by atoms with van der Waals surface area (Å²) in [4.78, 5) is 13.4. The molecular formula is C28H27BrN2O2. The molecule has 1 atom stereocenters. The number of allylic oxidation sites excluding steroid dienone is 1. The Morgan fingerprint density at radius 2 is 1.67 bits per heavy atom. The molecule has 0 spiro atoms. The highest BCUT2D eigenvalue weighted by atomic mass is 79.9. The van der Waals surface area contributed by atoms with Crippen LogP contribution in [0, 0.1) is 12.3 Å². The van der Waals surface area contributed by atoms with Crippen molar-refractivity contribution in [2.24, 2.45) is 5.41 Å². The zero-order valence-electron chi connectivity index (χ0n) is 19.0. The number of ketones is 1. The highest BCUT2D eigenvalue weighted by Crippen LogP contribution is 2.47. The summed E-state index contributed by atoms with van der Waals surface area (Å²) in [5.41, 5.74) is 5.81. The molecule has 168 valence electrons. The van der Waals surface area contributed by atoms with E-state index in [0.717, 1.165) is 50.6 Å². The van der Waals surface area contributed by atoms with Gasteiger partial charge in [-0.1, -0.05) is 65.7 Å². The molecule has 5 rings (SSSR count). The van der Waals surface area contributed by atoms with E-state index in [4.69, 9.17) is 4.74 Å². The summed E-state index contributed by atoms with van der Waals surface area (Å²) in [6, 6.07) is 21.8. The van der Waals surface area contributed by atoms with Crippen molar-refractivity contribution in [3.8, 4) is 11.5 Å². The second-order valence-corrected chi connectivity index (χ2v) is 10.5. The normalized spacial score (nSPS) is 19.0. The van der Waals surface area contributed by atoms with E-state index in [9.17, 15) is 4.79 Å². The Labute approximate surface area is 203 Å². The summed E-state index contributed by atoms with van der Waals surface area (Å²) in [5.74, 6) is 1.72. The van der Waals surface area contributed by atoms with E-state index in [2.05, 4.69) is 53.4 Å². The van der Waals surface area contributed by atoms with E-state index >= 15 is 0 Å². The van der Waals surface area contributed by atoms with Gasteiger partial charge in [0.05, 0.1) is 17.4 Å². The number of rotatable bonds is 3. The van der Waals surface area contributed by atoms with Crippen LogP contribution in [0.2, 0.25) is 0 Å². The fraction of sp³-hybridized carbons (Fsp3) is 0.250. The first-order valence-corrected chi connectivity index (χ1v) is 12.0. The van der Waals surface area contributed by atoms with Crippen molar-refractivity contribution in [2.45, 2.75) is 39.7 Å². The van der Waals surface area contributed by atoms with E-state index in [-0.39, 0.29) is 17.2 Å². The second-order valence-electron chi connectivity index (χ2n) is 9.68. The van der Waals surface area contributed by atoms with Crippen molar-refractivity contribution in [1.82, 2.24) is 0 Å². The third-order valence-electron chi connectivity index (χ3n) is 6.26. The minimum atomic E-state index is -0.262. The molecule has 0 saturated carbocycles. The number of hydrogen-bond donors (Lipinski definition) is 2. The van der Waals surface area contributed by atoms with Crippen molar-refractivity contribution in [2.75, 3.05) is 10.6 Å². The molecular weight excluding hydrogens is 476 g/mol. The Morgan fingerprint density at radius 3 is 2.42 bits per heavy atom. The number of fused-ring (bicyclic) bond motifs is 1. The van der Waals surface area contributed by atoms with Gasteiger partial charge in [0.25, 0.3) is 0 Å². The second kappa shape index (κ2) is 8.38. The predicted molar refractivity (Wildman–Crippen MR) is 137 cm³/mol. The minimum absolute atomic E-state index is 0.0830. The Morgan fingerprint density at radius 1 is 0.939 bits per heavy atom. The van der Waals surface area contributed by atoms with Gasteiger partial charge in [-0.25, -0.2) is 0 Å². The molecule has 0 saturated heterocycles. The average Bonchev–Trinajstić information content (AvgIpc) is 2.91. The first-order chi connectivity index (χ1) is 15.8. The van der Waals surface area contributed by atoms with E-state index in [1.165, 1.54) is 5.56 Å². The summed E-state index contributed by atoms with van der Waals surface area (Å²) in [7, 11) is 0. The molecule has 0 radical (unpaired) electrons. The molecule has 0 aromatic heterocycles. The number of ether oxygens (including phenoxy) is 1. The third-order valence-corrected chi connectivity index (χ3v) is 6.98. The number of nitrogens with one attached hydrogen (secondary N) is 2. The number of Topliss-reactive ketones (excluding diaryl/α,β-unsaturated/α-hetero) is 1. The molecule has 4 nitrogen and oxygen atoms in total. The lowest BCUT2D eigenvalue weighted by molar-refractivity contribution is -0.118. The quantitative estimate of drug-likeness (QED) is 0.383. The molecule has 1 unspecified atom stereocenters. The number of benzene rings is 3. The summed E-state index contributed by atoms with van der Waals surface area (Å²) in [5, 5.41) is 7.25. The topological polar surface area (TPSA) is 50.4 Å². The molecule has 0 fully saturated rings. The first kappa shape index (κ1) is 21.8. The van der Waals surface area contributed by atoms with Crippen LogP contribution in [-0.4, -0.2) is 5.78 Å². The first-order valence-electron chi connectivity index (χ1n) is 11.2. The van der Waals surface area contributed by atoms with Crippen LogP contribution in [-0.2, 0) is 4.79 Å². The van der Waals surface area contributed by atoms with Crippen LogP contribution in [0.25, 0.3) is 0 Å². The van der Waals surface area contributed by atoms with Crippen LogP contribution in [0.15, 0.2) is 82.5 Å². The SMILES string of the molecule is Cc1ccc(Oc2ccc3c(c2)NC(c2ccccc2Br)C2=C(CC(C)(C)CC2=O)N3)cc1. The molecule has 1 aliphatic carbocycles. The molecule has 2 N–H and O–H groups in total. The summed E-state index contributed by atoms with van der Waals surface area (Å²) in [6.07, 6.45) is 1.35. The fourth-order valence-electron chi connectivity index (χ4n) is 4.67. The Balaban J connectivity index is 1.57. The van der Waals surface area contributed by atoms with Gasteiger partial charge in [-0.05, 0) is 54.7 Å². The molecule has 3 aromatic rings. The van der Waals surface area contributed by atoms with Crippen LogP contribution in [0.3, 0.4) is 0 Å². The molecule has 33 heavy (non-hydrogen) atoms. The van der Waals surface area contributed by atoms with E-state index in [1.54, 1.807) is 0 Å². The van der Waals surface area contributed by atoms with Crippen LogP contribution in [0.5, 0.6) is 11.5 Å². The van der Waals surface area contributed by atoms with Crippen LogP contribution in [0.1, 0.15) is 43.9 Å². The highest BCUT2D eigenvalue weighted by Gasteiger charge is 2.39. The van der Waals surface area contributed by atoms with Gasteiger partial charge < -0.3 is 15.4 Å². The molecule has 0 bridgehead atoms. The summed E-state index contributed by atoms with van der Waals surface area (Å²) in [6.45, 7) is 6.37. The van der Waals surface area contributed by atoms with Gasteiger partial charge in [-0.3, -0.25) is 4.79 Å². The number of hydrogen-bond acceptors (Lipinski definition) is 4. The number of aryl methyl sites for hydroxylation is 1. The van der Waals surface area contributed by atoms with Crippen molar-refractivity contribution >= 4 is 33.1 Å². The minimum Gasteiger partial charge on any atom is -0.457 e. The zero-order chi connectivity index (χ0) is 23.2. The Hall–Kier alpha value is -3.05. The molecule has 1 aliphatic heterocycles. The van der Waals surface area contributed by atoms with E-state index in [0.29, 0.717) is 6.42 Å². The van der Waals surface area contributed by atoms with E-state index < -0.39 is 0 Å². The number of carbonyl (C=O) groups excluding carboxylic acids is 1. The van der Waals surface area contributed by atoms with Crippen LogP contribution >= 0.6 is 15.9 Å². The third kappa shape index (κ3) is 4.42. The molecule has 5 heteroatoms. The van der Waals surface area contributed by atoms with Gasteiger partial charge in [-0.2, -0.15) is 0 Å². The zero-order valence-corrected chi connectivity index (χ0v) is 20.6. The van der Waals surface area contributed by atoms with Gasteiger partial charge in [0.2, 0.25) is 0 Å². The summed E-state index contributed by atoms with van der Waals surface area (Å²) >= 11 is 3.70. The largest absolute Gasteiger partial charge is 0.457 e. The maximum Gasteiger partial charge on any atom is 0.163 e. The van der Waals surface area contributed by atoms with Crippen molar-refractivity contribution in [1.29, 1.82) is 0 Å². The van der Waals surface area contributed by atoms with Gasteiger partial charge >= 0.3 is 0 Å².